The Bertz CT molecular complexity index is 885. The average Bonchev–Trinajstić information content (AvgIpc) is 3.18. The molecule has 1 fully saturated rings. The molecule has 136 valence electrons. The van der Waals surface area contributed by atoms with E-state index in [-0.39, 0.29) is 18.1 Å². The number of carbonyl (C=O) groups excluding carboxylic acids is 2. The van der Waals surface area contributed by atoms with Gasteiger partial charge in [0.15, 0.2) is 5.69 Å². The molecule has 0 saturated carbocycles. The van der Waals surface area contributed by atoms with Gasteiger partial charge in [0.25, 0.3) is 0 Å². The van der Waals surface area contributed by atoms with E-state index in [1.54, 1.807) is 18.2 Å². The first-order valence-corrected chi connectivity index (χ1v) is 8.30. The molecule has 3 rings (SSSR count). The number of carbonyl (C=O) groups is 3. The summed E-state index contributed by atoms with van der Waals surface area (Å²) in [5.74, 6) is -1.97. The molecule has 0 spiro atoms. The van der Waals surface area contributed by atoms with Crippen LogP contribution in [0.1, 0.15) is 16.9 Å². The molecule has 2 heterocycles. The molecule has 1 unspecified atom stereocenters. The maximum absolute atomic E-state index is 12.5. The third kappa shape index (κ3) is 3.78. The van der Waals surface area contributed by atoms with Crippen LogP contribution in [0.25, 0.3) is 0 Å². The van der Waals surface area contributed by atoms with Gasteiger partial charge in [0.05, 0.1) is 16.2 Å². The largest absolute Gasteiger partial charge is 0.476 e. The van der Waals surface area contributed by atoms with Crippen molar-refractivity contribution in [1.29, 1.82) is 0 Å². The van der Waals surface area contributed by atoms with Crippen LogP contribution in [0, 0.1) is 0 Å². The maximum Gasteiger partial charge on any atom is 0.358 e. The Kier molecular flexibility index (Phi) is 5.10. The lowest BCUT2D eigenvalue weighted by atomic mass is 10.2. The highest BCUT2D eigenvalue weighted by Gasteiger charge is 2.33. The third-order valence-corrected chi connectivity index (χ3v) is 4.56. The molecule has 9 nitrogen and oxygen atoms in total. The van der Waals surface area contributed by atoms with Crippen LogP contribution < -0.4 is 10.2 Å². The van der Waals surface area contributed by atoms with E-state index >= 15 is 0 Å². The van der Waals surface area contributed by atoms with Gasteiger partial charge in [-0.25, -0.2) is 9.48 Å². The smallest absolute Gasteiger partial charge is 0.358 e. The van der Waals surface area contributed by atoms with Gasteiger partial charge in [-0.3, -0.25) is 9.59 Å². The fourth-order valence-corrected chi connectivity index (χ4v) is 2.88. The number of nitrogens with one attached hydrogen (secondary N) is 1. The second kappa shape index (κ2) is 7.30. The zero-order valence-corrected chi connectivity index (χ0v) is 14.7. The van der Waals surface area contributed by atoms with E-state index in [0.717, 1.165) is 10.9 Å². The second-order valence-corrected chi connectivity index (χ2v) is 6.42. The number of carboxylic acid groups (broad SMARTS) is 1. The molecule has 11 heteroatoms. The van der Waals surface area contributed by atoms with Gasteiger partial charge in [-0.15, -0.1) is 5.10 Å². The van der Waals surface area contributed by atoms with E-state index in [1.807, 2.05) is 0 Å². The van der Waals surface area contributed by atoms with Gasteiger partial charge in [0, 0.05) is 12.2 Å². The summed E-state index contributed by atoms with van der Waals surface area (Å²) < 4.78 is 1.09. The Morgan fingerprint density at radius 3 is 2.73 bits per heavy atom. The minimum atomic E-state index is -1.24. The standard InChI is InChI=1S/C15H13Cl2N5O4/c16-9-2-1-8(5-10(9)17)22-4-3-11(14(22)24)18-13(23)7-21-6-12(15(25)26)19-20-21/h1-2,5-6,11H,3-4,7H2,(H,18,23)(H,25,26). The van der Waals surface area contributed by atoms with Crippen LogP contribution in [0.4, 0.5) is 5.69 Å². The summed E-state index contributed by atoms with van der Waals surface area (Å²) in [5.41, 5.74) is 0.337. The van der Waals surface area contributed by atoms with Crippen molar-refractivity contribution >= 4 is 46.7 Å². The zero-order valence-electron chi connectivity index (χ0n) is 13.2. The molecule has 1 aliphatic heterocycles. The molecule has 0 radical (unpaired) electrons. The summed E-state index contributed by atoms with van der Waals surface area (Å²) in [6.07, 6.45) is 1.57. The van der Waals surface area contributed by atoms with Crippen LogP contribution in [0.3, 0.4) is 0 Å². The molecule has 1 aliphatic rings. The summed E-state index contributed by atoms with van der Waals surface area (Å²) >= 11 is 11.9. The summed E-state index contributed by atoms with van der Waals surface area (Å²) in [5, 5.41) is 19.1. The second-order valence-electron chi connectivity index (χ2n) is 5.60. The molecule has 26 heavy (non-hydrogen) atoms. The van der Waals surface area contributed by atoms with Crippen molar-refractivity contribution < 1.29 is 19.5 Å². The quantitative estimate of drug-likeness (QED) is 0.782. The fraction of sp³-hybridized carbons (Fsp3) is 0.267. The Morgan fingerprint density at radius 2 is 2.08 bits per heavy atom. The lowest BCUT2D eigenvalue weighted by molar-refractivity contribution is -0.127. The van der Waals surface area contributed by atoms with Crippen molar-refractivity contribution in [2.45, 2.75) is 19.0 Å². The van der Waals surface area contributed by atoms with E-state index in [2.05, 4.69) is 15.6 Å². The van der Waals surface area contributed by atoms with Gasteiger partial charge in [0.2, 0.25) is 11.8 Å². The molecule has 1 saturated heterocycles. The molecule has 0 bridgehead atoms. The highest BCUT2D eigenvalue weighted by molar-refractivity contribution is 6.42. The number of rotatable bonds is 5. The number of hydrogen-bond acceptors (Lipinski definition) is 5. The van der Waals surface area contributed by atoms with Gasteiger partial charge < -0.3 is 15.3 Å². The first-order chi connectivity index (χ1) is 12.3. The van der Waals surface area contributed by atoms with Gasteiger partial charge >= 0.3 is 5.97 Å². The molecular formula is C15H13Cl2N5O4. The normalized spacial score (nSPS) is 16.8. The molecule has 2 amide bonds. The number of hydrogen-bond donors (Lipinski definition) is 2. The minimum Gasteiger partial charge on any atom is -0.476 e. The summed E-state index contributed by atoms with van der Waals surface area (Å²) in [7, 11) is 0. The van der Waals surface area contributed by atoms with E-state index in [9.17, 15) is 14.4 Å². The number of anilines is 1. The van der Waals surface area contributed by atoms with Crippen molar-refractivity contribution in [1.82, 2.24) is 20.3 Å². The number of nitrogens with zero attached hydrogens (tertiary/aromatic N) is 4. The highest BCUT2D eigenvalue weighted by atomic mass is 35.5. The third-order valence-electron chi connectivity index (χ3n) is 3.82. The summed E-state index contributed by atoms with van der Waals surface area (Å²) in [6, 6.07) is 4.19. The molecule has 1 aromatic heterocycles. The number of carboxylic acids is 1. The van der Waals surface area contributed by atoms with Crippen molar-refractivity contribution in [3.8, 4) is 0 Å². The van der Waals surface area contributed by atoms with Gasteiger partial charge in [-0.1, -0.05) is 28.4 Å². The van der Waals surface area contributed by atoms with Crippen LogP contribution in [0.2, 0.25) is 10.0 Å². The summed E-state index contributed by atoms with van der Waals surface area (Å²) in [6.45, 7) is 0.186. The monoisotopic (exact) mass is 397 g/mol. The first-order valence-electron chi connectivity index (χ1n) is 7.54. The van der Waals surface area contributed by atoms with Crippen LogP contribution in [-0.4, -0.2) is 50.5 Å². The van der Waals surface area contributed by atoms with Crippen LogP contribution >= 0.6 is 23.2 Å². The average molecular weight is 398 g/mol. The minimum absolute atomic E-state index is 0.239. The number of halogens is 2. The van der Waals surface area contributed by atoms with Gasteiger partial charge in [-0.2, -0.15) is 0 Å². The predicted molar refractivity (Wildman–Crippen MR) is 92.3 cm³/mol. The summed E-state index contributed by atoms with van der Waals surface area (Å²) in [4.78, 5) is 36.9. The Morgan fingerprint density at radius 1 is 1.31 bits per heavy atom. The maximum atomic E-state index is 12.5. The van der Waals surface area contributed by atoms with E-state index in [4.69, 9.17) is 28.3 Å². The Labute approximate surface area is 157 Å². The van der Waals surface area contributed by atoms with Crippen molar-refractivity contribution in [2.24, 2.45) is 0 Å². The van der Waals surface area contributed by atoms with Crippen LogP contribution in [-0.2, 0) is 16.1 Å². The Balaban J connectivity index is 1.61. The molecule has 1 atom stereocenters. The number of benzene rings is 1. The highest BCUT2D eigenvalue weighted by Crippen LogP contribution is 2.29. The van der Waals surface area contributed by atoms with Crippen molar-refractivity contribution in [3.63, 3.8) is 0 Å². The van der Waals surface area contributed by atoms with Gasteiger partial charge in [0.1, 0.15) is 12.6 Å². The van der Waals surface area contributed by atoms with Crippen molar-refractivity contribution in [2.75, 3.05) is 11.4 Å². The van der Waals surface area contributed by atoms with E-state index in [0.29, 0.717) is 28.7 Å². The predicted octanol–water partition coefficient (Wildman–Crippen LogP) is 1.20. The lowest BCUT2D eigenvalue weighted by Crippen LogP contribution is -2.42. The number of aromatic nitrogens is 3. The molecule has 1 aromatic carbocycles. The zero-order chi connectivity index (χ0) is 18.8. The van der Waals surface area contributed by atoms with Crippen LogP contribution in [0.15, 0.2) is 24.4 Å². The van der Waals surface area contributed by atoms with E-state index in [1.165, 1.54) is 4.90 Å². The number of aromatic carboxylic acids is 1. The van der Waals surface area contributed by atoms with Gasteiger partial charge in [-0.05, 0) is 24.6 Å². The van der Waals surface area contributed by atoms with Crippen LogP contribution in [0.5, 0.6) is 0 Å². The first kappa shape index (κ1) is 18.2. The lowest BCUT2D eigenvalue weighted by Gasteiger charge is -2.17. The van der Waals surface area contributed by atoms with Crippen molar-refractivity contribution in [3.05, 3.63) is 40.1 Å². The number of amides is 2. The molecule has 2 aromatic rings. The Hall–Kier alpha value is -2.65. The molecule has 2 N–H and O–H groups in total. The topological polar surface area (TPSA) is 117 Å². The fourth-order valence-electron chi connectivity index (χ4n) is 2.58. The SMILES string of the molecule is O=C(Cn1cc(C(=O)O)nn1)NC1CCN(c2ccc(Cl)c(Cl)c2)C1=O. The van der Waals surface area contributed by atoms with E-state index < -0.39 is 17.9 Å². The molecule has 0 aliphatic carbocycles. The molecular weight excluding hydrogens is 385 g/mol.